The Hall–Kier alpha value is -2.41. The molecular weight excluding hydrogens is 271 g/mol. The Bertz CT molecular complexity index is 612. The molecule has 3 rings (SSSR count). The fourth-order valence-corrected chi connectivity index (χ4v) is 2.48. The second-order valence-electron chi connectivity index (χ2n) is 4.83. The molecule has 0 atom stereocenters. The minimum Gasteiger partial charge on any atom is -0.366 e. The molecule has 0 aliphatic carbocycles. The Morgan fingerprint density at radius 1 is 1.05 bits per heavy atom. The van der Waals surface area contributed by atoms with Crippen LogP contribution < -0.4 is 21.1 Å². The Kier molecular flexibility index (Phi) is 3.83. The summed E-state index contributed by atoms with van der Waals surface area (Å²) >= 11 is 0. The van der Waals surface area contributed by atoms with Gasteiger partial charge in [-0.15, -0.1) is 0 Å². The van der Waals surface area contributed by atoms with Gasteiger partial charge >= 0.3 is 0 Å². The molecule has 1 saturated heterocycles. The third kappa shape index (κ3) is 2.87. The van der Waals surface area contributed by atoms with E-state index in [-0.39, 0.29) is 5.82 Å². The molecule has 1 aliphatic heterocycles. The lowest BCUT2D eigenvalue weighted by molar-refractivity contribution is 0.596. The molecule has 1 aliphatic rings. The van der Waals surface area contributed by atoms with Crippen LogP contribution in [0.1, 0.15) is 0 Å². The van der Waals surface area contributed by atoms with Gasteiger partial charge in [-0.1, -0.05) is 12.1 Å². The quantitative estimate of drug-likeness (QED) is 0.654. The number of hydrogen-bond donors (Lipinski definition) is 2. The van der Waals surface area contributed by atoms with Gasteiger partial charge in [-0.25, -0.2) is 20.2 Å². The Morgan fingerprint density at radius 3 is 2.48 bits per heavy atom. The molecule has 1 aromatic carbocycles. The SMILES string of the molecule is NNc1cc(N2CCN(c3ccccc3F)CC2)ncn1. The van der Waals surface area contributed by atoms with Crippen molar-refractivity contribution in [2.45, 2.75) is 0 Å². The van der Waals surface area contributed by atoms with Crippen molar-refractivity contribution in [3.8, 4) is 0 Å². The topological polar surface area (TPSA) is 70.3 Å². The molecule has 21 heavy (non-hydrogen) atoms. The highest BCUT2D eigenvalue weighted by Crippen LogP contribution is 2.22. The van der Waals surface area contributed by atoms with Crippen LogP contribution in [0.25, 0.3) is 0 Å². The van der Waals surface area contributed by atoms with Crippen LogP contribution in [-0.2, 0) is 0 Å². The molecule has 1 aromatic heterocycles. The van der Waals surface area contributed by atoms with E-state index >= 15 is 0 Å². The van der Waals surface area contributed by atoms with E-state index in [0.717, 1.165) is 32.0 Å². The maximum atomic E-state index is 13.8. The zero-order chi connectivity index (χ0) is 14.7. The number of nitrogens with zero attached hydrogens (tertiary/aromatic N) is 4. The van der Waals surface area contributed by atoms with E-state index in [1.165, 1.54) is 12.4 Å². The van der Waals surface area contributed by atoms with Crippen LogP contribution in [0.2, 0.25) is 0 Å². The number of anilines is 3. The summed E-state index contributed by atoms with van der Waals surface area (Å²) in [7, 11) is 0. The van der Waals surface area contributed by atoms with E-state index in [1.807, 2.05) is 12.1 Å². The monoisotopic (exact) mass is 288 g/mol. The van der Waals surface area contributed by atoms with Crippen molar-refractivity contribution in [2.75, 3.05) is 41.4 Å². The van der Waals surface area contributed by atoms with E-state index in [0.29, 0.717) is 11.5 Å². The molecule has 0 bridgehead atoms. The highest BCUT2D eigenvalue weighted by molar-refractivity contribution is 5.52. The number of hydrazine groups is 1. The average molecular weight is 288 g/mol. The molecule has 3 N–H and O–H groups in total. The predicted octanol–water partition coefficient (Wildman–Crippen LogP) is 1.23. The number of benzene rings is 1. The number of nitrogens with one attached hydrogen (secondary N) is 1. The van der Waals surface area contributed by atoms with E-state index in [9.17, 15) is 4.39 Å². The van der Waals surface area contributed by atoms with Gasteiger partial charge in [-0.05, 0) is 12.1 Å². The smallest absolute Gasteiger partial charge is 0.146 e. The number of nitrogen functional groups attached to an aromatic ring is 1. The molecular formula is C14H17FN6. The molecule has 7 heteroatoms. The Balaban J connectivity index is 1.69. The van der Waals surface area contributed by atoms with Crippen LogP contribution in [0, 0.1) is 5.82 Å². The Morgan fingerprint density at radius 2 is 1.76 bits per heavy atom. The molecule has 2 aromatic rings. The van der Waals surface area contributed by atoms with Crippen LogP contribution in [0.15, 0.2) is 36.7 Å². The van der Waals surface area contributed by atoms with Gasteiger partial charge in [-0.3, -0.25) is 0 Å². The predicted molar refractivity (Wildman–Crippen MR) is 80.7 cm³/mol. The van der Waals surface area contributed by atoms with Crippen molar-refractivity contribution in [1.82, 2.24) is 9.97 Å². The zero-order valence-electron chi connectivity index (χ0n) is 11.5. The summed E-state index contributed by atoms with van der Waals surface area (Å²) in [6.45, 7) is 3.04. The molecule has 6 nitrogen and oxygen atoms in total. The van der Waals surface area contributed by atoms with Crippen LogP contribution in [0.5, 0.6) is 0 Å². The summed E-state index contributed by atoms with van der Waals surface area (Å²) in [5.74, 6) is 6.58. The minimum absolute atomic E-state index is 0.178. The largest absolute Gasteiger partial charge is 0.366 e. The van der Waals surface area contributed by atoms with Gasteiger partial charge in [0.25, 0.3) is 0 Å². The van der Waals surface area contributed by atoms with Gasteiger partial charge in [0.05, 0.1) is 5.69 Å². The first-order chi connectivity index (χ1) is 10.3. The van der Waals surface area contributed by atoms with Gasteiger partial charge < -0.3 is 15.2 Å². The number of piperazine rings is 1. The number of rotatable bonds is 3. The van der Waals surface area contributed by atoms with Crippen LogP contribution in [0.4, 0.5) is 21.7 Å². The van der Waals surface area contributed by atoms with Crippen molar-refractivity contribution in [3.63, 3.8) is 0 Å². The van der Waals surface area contributed by atoms with Crippen LogP contribution in [0.3, 0.4) is 0 Å². The average Bonchev–Trinajstić information content (AvgIpc) is 2.56. The van der Waals surface area contributed by atoms with Gasteiger partial charge in [0.1, 0.15) is 23.8 Å². The standard InChI is InChI=1S/C14H17FN6/c15-11-3-1-2-4-12(11)20-5-7-21(8-6-20)14-9-13(19-16)17-10-18-14/h1-4,9-10H,5-8,16H2,(H,17,18,19). The van der Waals surface area contributed by atoms with Gasteiger partial charge in [0.2, 0.25) is 0 Å². The zero-order valence-corrected chi connectivity index (χ0v) is 11.5. The van der Waals surface area contributed by atoms with E-state index in [1.54, 1.807) is 12.1 Å². The number of nitrogens with two attached hydrogens (primary N) is 1. The minimum atomic E-state index is -0.178. The lowest BCUT2D eigenvalue weighted by Crippen LogP contribution is -2.47. The highest BCUT2D eigenvalue weighted by atomic mass is 19.1. The summed E-state index contributed by atoms with van der Waals surface area (Å²) < 4.78 is 13.8. The van der Waals surface area contributed by atoms with Crippen molar-refractivity contribution in [3.05, 3.63) is 42.5 Å². The van der Waals surface area contributed by atoms with E-state index in [4.69, 9.17) is 5.84 Å². The molecule has 110 valence electrons. The third-order valence-corrected chi connectivity index (χ3v) is 3.60. The lowest BCUT2D eigenvalue weighted by atomic mass is 10.2. The molecule has 1 fully saturated rings. The third-order valence-electron chi connectivity index (χ3n) is 3.60. The van der Waals surface area contributed by atoms with Crippen LogP contribution in [-0.4, -0.2) is 36.1 Å². The first-order valence-electron chi connectivity index (χ1n) is 6.81. The van der Waals surface area contributed by atoms with Crippen molar-refractivity contribution < 1.29 is 4.39 Å². The number of aromatic nitrogens is 2. The van der Waals surface area contributed by atoms with Gasteiger partial charge in [0.15, 0.2) is 0 Å². The molecule has 0 unspecified atom stereocenters. The highest BCUT2D eigenvalue weighted by Gasteiger charge is 2.20. The maximum absolute atomic E-state index is 13.8. The van der Waals surface area contributed by atoms with E-state index < -0.39 is 0 Å². The second-order valence-corrected chi connectivity index (χ2v) is 4.83. The Labute approximate surface area is 122 Å². The fourth-order valence-electron chi connectivity index (χ4n) is 2.48. The normalized spacial score (nSPS) is 15.1. The first-order valence-corrected chi connectivity index (χ1v) is 6.81. The fraction of sp³-hybridized carbons (Fsp3) is 0.286. The molecule has 0 saturated carbocycles. The maximum Gasteiger partial charge on any atom is 0.146 e. The summed E-state index contributed by atoms with van der Waals surface area (Å²) in [6.07, 6.45) is 1.48. The van der Waals surface area contributed by atoms with Crippen molar-refractivity contribution in [2.24, 2.45) is 5.84 Å². The number of hydrogen-bond acceptors (Lipinski definition) is 6. The number of para-hydroxylation sites is 1. The summed E-state index contributed by atoms with van der Waals surface area (Å²) in [4.78, 5) is 12.4. The van der Waals surface area contributed by atoms with Crippen molar-refractivity contribution >= 4 is 17.3 Å². The van der Waals surface area contributed by atoms with Gasteiger partial charge in [0, 0.05) is 32.2 Å². The van der Waals surface area contributed by atoms with Crippen LogP contribution >= 0.6 is 0 Å². The summed E-state index contributed by atoms with van der Waals surface area (Å²) in [6, 6.07) is 8.67. The molecule has 2 heterocycles. The van der Waals surface area contributed by atoms with E-state index in [2.05, 4.69) is 25.2 Å². The first kappa shape index (κ1) is 13.6. The molecule has 0 amide bonds. The summed E-state index contributed by atoms with van der Waals surface area (Å²) in [5.41, 5.74) is 3.17. The van der Waals surface area contributed by atoms with Gasteiger partial charge in [-0.2, -0.15) is 0 Å². The van der Waals surface area contributed by atoms with Crippen molar-refractivity contribution in [1.29, 1.82) is 0 Å². The lowest BCUT2D eigenvalue weighted by Gasteiger charge is -2.36. The summed E-state index contributed by atoms with van der Waals surface area (Å²) in [5, 5.41) is 0. The molecule has 0 spiro atoms. The number of halogens is 1. The second kappa shape index (κ2) is 5.92. The molecule has 0 radical (unpaired) electrons.